The Morgan fingerprint density at radius 3 is 2.53 bits per heavy atom. The van der Waals surface area contributed by atoms with Crippen LogP contribution in [-0.2, 0) is 16.0 Å². The Kier molecular flexibility index (Phi) is 6.60. The molecule has 3 rings (SSSR count). The average molecular weight is 488 g/mol. The van der Waals surface area contributed by atoms with Gasteiger partial charge in [-0.1, -0.05) is 36.6 Å². The molecular formula is C22H16BrClN2O4. The molecule has 4 amide bonds. The molecule has 0 spiro atoms. The Balaban J connectivity index is 1.97. The number of benzene rings is 2. The lowest BCUT2D eigenvalue weighted by molar-refractivity contribution is -0.122. The number of nitrogens with zero attached hydrogens (tertiary/aromatic N) is 1. The summed E-state index contributed by atoms with van der Waals surface area (Å²) in [5, 5.41) is 2.44. The van der Waals surface area contributed by atoms with E-state index in [1.807, 2.05) is 19.1 Å². The number of barbiturate groups is 1. The van der Waals surface area contributed by atoms with Crippen molar-refractivity contribution in [2.24, 2.45) is 0 Å². The third-order valence-corrected chi connectivity index (χ3v) is 5.21. The van der Waals surface area contributed by atoms with Gasteiger partial charge in [-0.3, -0.25) is 14.9 Å². The van der Waals surface area contributed by atoms with E-state index in [2.05, 4.69) is 27.2 Å². The zero-order chi connectivity index (χ0) is 21.8. The van der Waals surface area contributed by atoms with Crippen LogP contribution < -0.4 is 15.0 Å². The van der Waals surface area contributed by atoms with Crippen LogP contribution in [0.25, 0.3) is 6.08 Å². The summed E-state index contributed by atoms with van der Waals surface area (Å²) in [6.07, 6.45) is 7.37. The lowest BCUT2D eigenvalue weighted by atomic mass is 10.1. The van der Waals surface area contributed by atoms with E-state index < -0.39 is 17.8 Å². The van der Waals surface area contributed by atoms with Crippen molar-refractivity contribution in [3.8, 4) is 18.1 Å². The van der Waals surface area contributed by atoms with Crippen LogP contribution in [0.5, 0.6) is 5.75 Å². The molecule has 0 saturated carbocycles. The minimum Gasteiger partial charge on any atom is -0.478 e. The fourth-order valence-electron chi connectivity index (χ4n) is 2.85. The standard InChI is InChI=1S/C22H16BrClN2O4/c1-3-9-30-19-17(23)11-14(12-18(19)24)10-16-20(27)25-22(29)26(21(16)28)15-7-5-13(4-2)6-8-15/h1,5-8,10-12H,4,9H2,2H3,(H,25,27,29)/b16-10-. The molecule has 0 aliphatic carbocycles. The number of carbonyl (C=O) groups excluding carboxylic acids is 3. The Morgan fingerprint density at radius 1 is 1.23 bits per heavy atom. The molecule has 30 heavy (non-hydrogen) atoms. The number of carbonyl (C=O) groups is 3. The summed E-state index contributed by atoms with van der Waals surface area (Å²) in [5.41, 5.74) is 1.69. The summed E-state index contributed by atoms with van der Waals surface area (Å²) >= 11 is 9.57. The van der Waals surface area contributed by atoms with E-state index >= 15 is 0 Å². The molecule has 6 nitrogen and oxygen atoms in total. The van der Waals surface area contributed by atoms with Crippen LogP contribution in [0.3, 0.4) is 0 Å². The molecule has 1 heterocycles. The van der Waals surface area contributed by atoms with Crippen molar-refractivity contribution in [3.05, 3.63) is 62.6 Å². The highest BCUT2D eigenvalue weighted by Gasteiger charge is 2.36. The first-order chi connectivity index (χ1) is 14.3. The molecule has 2 aromatic carbocycles. The monoisotopic (exact) mass is 486 g/mol. The van der Waals surface area contributed by atoms with Crippen molar-refractivity contribution in [1.82, 2.24) is 5.32 Å². The van der Waals surface area contributed by atoms with Gasteiger partial charge < -0.3 is 4.74 Å². The predicted molar refractivity (Wildman–Crippen MR) is 118 cm³/mol. The first-order valence-electron chi connectivity index (χ1n) is 8.91. The Bertz CT molecular complexity index is 1080. The molecule has 1 fully saturated rings. The summed E-state index contributed by atoms with van der Waals surface area (Å²) in [6.45, 7) is 2.03. The van der Waals surface area contributed by atoms with Crippen LogP contribution >= 0.6 is 27.5 Å². The first kappa shape index (κ1) is 21.6. The lowest BCUT2D eigenvalue weighted by Gasteiger charge is -2.26. The number of rotatable bonds is 5. The van der Waals surface area contributed by atoms with Crippen molar-refractivity contribution in [2.45, 2.75) is 13.3 Å². The number of nitrogens with one attached hydrogen (secondary N) is 1. The molecule has 0 atom stereocenters. The van der Waals surface area contributed by atoms with Gasteiger partial charge in [0, 0.05) is 0 Å². The minimum absolute atomic E-state index is 0.0353. The van der Waals surface area contributed by atoms with Crippen molar-refractivity contribution in [2.75, 3.05) is 11.5 Å². The number of hydrogen-bond donors (Lipinski definition) is 1. The minimum atomic E-state index is -0.802. The number of terminal acetylenes is 1. The van der Waals surface area contributed by atoms with Gasteiger partial charge in [0.25, 0.3) is 11.8 Å². The zero-order valence-electron chi connectivity index (χ0n) is 15.9. The molecule has 0 radical (unpaired) electrons. The second kappa shape index (κ2) is 9.16. The van der Waals surface area contributed by atoms with Gasteiger partial charge in [-0.2, -0.15) is 0 Å². The predicted octanol–water partition coefficient (Wildman–Crippen LogP) is 4.34. The van der Waals surface area contributed by atoms with Crippen molar-refractivity contribution >= 4 is 57.1 Å². The van der Waals surface area contributed by atoms with E-state index in [0.717, 1.165) is 16.9 Å². The van der Waals surface area contributed by atoms with Gasteiger partial charge in [0.2, 0.25) is 0 Å². The van der Waals surface area contributed by atoms with Gasteiger partial charge in [-0.15, -0.1) is 6.42 Å². The highest BCUT2D eigenvalue weighted by Crippen LogP contribution is 2.35. The van der Waals surface area contributed by atoms with Crippen LogP contribution in [-0.4, -0.2) is 24.5 Å². The number of hydrogen-bond acceptors (Lipinski definition) is 4. The number of imide groups is 2. The smallest absolute Gasteiger partial charge is 0.335 e. The Morgan fingerprint density at radius 2 is 1.93 bits per heavy atom. The fourth-order valence-corrected chi connectivity index (χ4v) is 3.84. The number of anilines is 1. The van der Waals surface area contributed by atoms with Gasteiger partial charge >= 0.3 is 6.03 Å². The maximum absolute atomic E-state index is 13.0. The summed E-state index contributed by atoms with van der Waals surface area (Å²) in [4.78, 5) is 38.5. The van der Waals surface area contributed by atoms with Crippen LogP contribution in [0.1, 0.15) is 18.1 Å². The number of amides is 4. The molecule has 2 aromatic rings. The summed E-state index contributed by atoms with van der Waals surface area (Å²) in [7, 11) is 0. The molecule has 152 valence electrons. The number of urea groups is 1. The molecule has 8 heteroatoms. The van der Waals surface area contributed by atoms with E-state index in [1.165, 1.54) is 12.1 Å². The normalized spacial score (nSPS) is 15.2. The van der Waals surface area contributed by atoms with Crippen LogP contribution in [0.2, 0.25) is 5.02 Å². The van der Waals surface area contributed by atoms with E-state index in [1.54, 1.807) is 18.2 Å². The SMILES string of the molecule is C#CCOc1c(Cl)cc(/C=C2/C(=O)NC(=O)N(c3ccc(CC)cc3)C2=O)cc1Br. The molecule has 0 unspecified atom stereocenters. The highest BCUT2D eigenvalue weighted by atomic mass is 79.9. The van der Waals surface area contributed by atoms with Crippen LogP contribution in [0, 0.1) is 12.3 Å². The second-order valence-electron chi connectivity index (χ2n) is 6.28. The van der Waals surface area contributed by atoms with Crippen molar-refractivity contribution < 1.29 is 19.1 Å². The quantitative estimate of drug-likeness (QED) is 0.387. The summed E-state index contributed by atoms with van der Waals surface area (Å²) in [5.74, 6) is 1.18. The third kappa shape index (κ3) is 4.40. The third-order valence-electron chi connectivity index (χ3n) is 4.34. The molecule has 0 bridgehead atoms. The molecule has 1 aliphatic heterocycles. The Labute approximate surface area is 187 Å². The molecular weight excluding hydrogens is 472 g/mol. The van der Waals surface area contributed by atoms with Crippen LogP contribution in [0.4, 0.5) is 10.5 Å². The number of ether oxygens (including phenoxy) is 1. The molecule has 1 N–H and O–H groups in total. The topological polar surface area (TPSA) is 75.7 Å². The number of aryl methyl sites for hydroxylation is 1. The van der Waals surface area contributed by atoms with Gasteiger partial charge in [0.1, 0.15) is 12.2 Å². The lowest BCUT2D eigenvalue weighted by Crippen LogP contribution is -2.54. The van der Waals surface area contributed by atoms with Gasteiger partial charge in [0.05, 0.1) is 15.2 Å². The fraction of sp³-hybridized carbons (Fsp3) is 0.136. The van der Waals surface area contributed by atoms with Crippen molar-refractivity contribution in [3.63, 3.8) is 0 Å². The average Bonchev–Trinajstić information content (AvgIpc) is 2.71. The van der Waals surface area contributed by atoms with Gasteiger partial charge in [-0.25, -0.2) is 9.69 Å². The van der Waals surface area contributed by atoms with Gasteiger partial charge in [0.15, 0.2) is 5.75 Å². The van der Waals surface area contributed by atoms with E-state index in [0.29, 0.717) is 21.5 Å². The Hall–Kier alpha value is -3.08. The van der Waals surface area contributed by atoms with E-state index in [-0.39, 0.29) is 17.2 Å². The van der Waals surface area contributed by atoms with Crippen molar-refractivity contribution in [1.29, 1.82) is 0 Å². The van der Waals surface area contributed by atoms with E-state index in [9.17, 15) is 14.4 Å². The second-order valence-corrected chi connectivity index (χ2v) is 7.55. The highest BCUT2D eigenvalue weighted by molar-refractivity contribution is 9.10. The maximum atomic E-state index is 13.0. The van der Waals surface area contributed by atoms with E-state index in [4.69, 9.17) is 22.8 Å². The van der Waals surface area contributed by atoms with Crippen LogP contribution in [0.15, 0.2) is 46.4 Å². The summed E-state index contributed by atoms with van der Waals surface area (Å²) in [6, 6.07) is 9.32. The largest absolute Gasteiger partial charge is 0.478 e. The van der Waals surface area contributed by atoms with Gasteiger partial charge in [-0.05, 0) is 63.8 Å². The zero-order valence-corrected chi connectivity index (χ0v) is 18.2. The first-order valence-corrected chi connectivity index (χ1v) is 10.1. The maximum Gasteiger partial charge on any atom is 0.335 e. The molecule has 1 saturated heterocycles. The summed E-state index contributed by atoms with van der Waals surface area (Å²) < 4.78 is 5.88. The molecule has 1 aliphatic rings. The molecule has 0 aromatic heterocycles. The number of halogens is 2.